The number of anilines is 5. The second-order valence-corrected chi connectivity index (χ2v) is 21.5. The van der Waals surface area contributed by atoms with Crippen LogP contribution in [-0.4, -0.2) is 115 Å². The molecule has 2 saturated heterocycles. The fourth-order valence-electron chi connectivity index (χ4n) is 8.80. The van der Waals surface area contributed by atoms with Gasteiger partial charge >= 0.3 is 0 Å². The van der Waals surface area contributed by atoms with Gasteiger partial charge in [-0.2, -0.15) is 4.98 Å². The van der Waals surface area contributed by atoms with Crippen molar-refractivity contribution in [3.8, 4) is 11.8 Å². The topological polar surface area (TPSA) is 91.9 Å². The van der Waals surface area contributed by atoms with Crippen molar-refractivity contribution in [1.29, 1.82) is 0 Å². The first kappa shape index (κ1) is 47.6. The van der Waals surface area contributed by atoms with E-state index in [1.54, 1.807) is 6.20 Å². The van der Waals surface area contributed by atoms with Crippen molar-refractivity contribution < 1.29 is 4.79 Å². The first-order valence-electron chi connectivity index (χ1n) is 22.5. The van der Waals surface area contributed by atoms with Crippen LogP contribution in [0.4, 0.5) is 28.8 Å². The summed E-state index contributed by atoms with van der Waals surface area (Å²) in [6.45, 7) is 22.9. The minimum Gasteiger partial charge on any atom is -0.371 e. The van der Waals surface area contributed by atoms with Crippen LogP contribution in [0.3, 0.4) is 0 Å². The smallest absolute Gasteiger partial charge is 0.241 e. The molecule has 10 nitrogen and oxygen atoms in total. The minimum atomic E-state index is -1.53. The fourth-order valence-corrected chi connectivity index (χ4v) is 10.2. The first-order valence-corrected chi connectivity index (χ1v) is 25.7. The molecule has 2 fully saturated rings. The number of carbonyl (C=O) groups excluding carboxylic acids is 1. The van der Waals surface area contributed by atoms with Crippen LogP contribution in [0.5, 0.6) is 0 Å². The zero-order valence-electron chi connectivity index (χ0n) is 38.1. The number of piperidine rings is 1. The van der Waals surface area contributed by atoms with Crippen LogP contribution in [0.1, 0.15) is 68.2 Å². The third kappa shape index (κ3) is 12.7. The Labute approximate surface area is 382 Å². The molecular weight excluding hydrogens is 821 g/mol. The molecule has 1 unspecified atom stereocenters. The lowest BCUT2D eigenvalue weighted by Gasteiger charge is -2.43. The quantitative estimate of drug-likeness (QED) is 0.0669. The second-order valence-electron chi connectivity index (χ2n) is 17.2. The monoisotopic (exact) mass is 887 g/mol. The zero-order valence-corrected chi connectivity index (χ0v) is 39.7. The Morgan fingerprint density at radius 1 is 1.02 bits per heavy atom. The van der Waals surface area contributed by atoms with Gasteiger partial charge in [-0.25, -0.2) is 4.98 Å². The molecule has 2 aliphatic rings. The molecule has 6 rings (SSSR count). The summed E-state index contributed by atoms with van der Waals surface area (Å²) in [5.74, 6) is 7.97. The zero-order chi connectivity index (χ0) is 44.9. The molecule has 0 aliphatic carbocycles. The van der Waals surface area contributed by atoms with E-state index in [-0.39, 0.29) is 11.9 Å². The van der Waals surface area contributed by atoms with E-state index in [0.29, 0.717) is 29.4 Å². The molecule has 3 heterocycles. The average Bonchev–Trinajstić information content (AvgIpc) is 3.28. The molecule has 0 radical (unpaired) electrons. The number of para-hydroxylation sites is 1. The number of hydrogen-bond donors (Lipinski definition) is 3. The number of benzene rings is 3. The standard InChI is InChI=1S/C51H67ClN9OP/c1-9-18-47(50(62)53-12-4)58(5)37-43-38(10-2)20-17-21-40(43)19-15-16-28-59-31-33-60(34-32-59)42-26-29-61(30-27-42)46-25-24-41(35-39(46)11-3)55-51-54-36-44(52)49(57-51)56-45-22-13-14-23-48(45)63(6,7)8/h10,12-14,17,20-25,35-36,42,47H,2,4,6,9,11,16,18,26-34,37H2,1,3,5,7-8H3,(H,53,62)(H2,54,55,56,57). The van der Waals surface area contributed by atoms with E-state index in [2.05, 4.69) is 135 Å². The van der Waals surface area contributed by atoms with Crippen LogP contribution in [0.25, 0.3) is 6.08 Å². The summed E-state index contributed by atoms with van der Waals surface area (Å²) in [4.78, 5) is 32.0. The van der Waals surface area contributed by atoms with E-state index in [0.717, 1.165) is 99.6 Å². The lowest BCUT2D eigenvalue weighted by molar-refractivity contribution is -0.125. The van der Waals surface area contributed by atoms with Crippen molar-refractivity contribution in [2.75, 3.05) is 81.7 Å². The summed E-state index contributed by atoms with van der Waals surface area (Å²) in [7, 11) is 2.00. The molecule has 12 heteroatoms. The van der Waals surface area contributed by atoms with Crippen molar-refractivity contribution in [3.05, 3.63) is 113 Å². The number of carbonyl (C=O) groups is 1. The number of halogens is 1. The maximum absolute atomic E-state index is 12.8. The number of likely N-dealkylation sites (N-methyl/N-ethyl adjacent to an activating group) is 1. The highest BCUT2D eigenvalue weighted by molar-refractivity contribution is 7.79. The fraction of sp³-hybridized carbons (Fsp3) is 0.412. The molecule has 1 aromatic heterocycles. The van der Waals surface area contributed by atoms with Gasteiger partial charge < -0.3 is 20.9 Å². The van der Waals surface area contributed by atoms with Gasteiger partial charge in [-0.15, -0.1) is 0 Å². The number of hydrogen-bond acceptors (Lipinski definition) is 9. The number of piperazine rings is 1. The summed E-state index contributed by atoms with van der Waals surface area (Å²) in [5, 5.41) is 11.3. The van der Waals surface area contributed by atoms with Gasteiger partial charge in [-0.05, 0) is 105 Å². The molecule has 0 bridgehead atoms. The molecule has 63 heavy (non-hydrogen) atoms. The van der Waals surface area contributed by atoms with E-state index in [9.17, 15) is 4.79 Å². The number of nitrogens with zero attached hydrogens (tertiary/aromatic N) is 6. The molecule has 1 atom stereocenters. The van der Waals surface area contributed by atoms with E-state index in [1.165, 1.54) is 35.6 Å². The summed E-state index contributed by atoms with van der Waals surface area (Å²) >= 11 is 6.57. The molecule has 0 saturated carbocycles. The van der Waals surface area contributed by atoms with E-state index in [4.69, 9.17) is 16.6 Å². The summed E-state index contributed by atoms with van der Waals surface area (Å²) in [6.07, 6.45) is 15.2. The number of aryl methyl sites for hydroxylation is 1. The van der Waals surface area contributed by atoms with Crippen molar-refractivity contribution in [2.45, 2.75) is 71.0 Å². The molecular formula is C51H67ClN9OP. The largest absolute Gasteiger partial charge is 0.371 e. The Balaban J connectivity index is 0.983. The molecule has 2 aliphatic heterocycles. The lowest BCUT2D eigenvalue weighted by Crippen LogP contribution is -2.53. The highest BCUT2D eigenvalue weighted by Crippen LogP contribution is 2.38. The predicted molar refractivity (Wildman–Crippen MR) is 271 cm³/mol. The predicted octanol–water partition coefficient (Wildman–Crippen LogP) is 9.05. The Kier molecular flexibility index (Phi) is 17.1. The van der Waals surface area contributed by atoms with Gasteiger partial charge in [0, 0.05) is 87.4 Å². The summed E-state index contributed by atoms with van der Waals surface area (Å²) in [6, 6.07) is 21.4. The van der Waals surface area contributed by atoms with E-state index in [1.807, 2.05) is 37.4 Å². The van der Waals surface area contributed by atoms with Gasteiger partial charge in [-0.1, -0.05) is 106 Å². The highest BCUT2D eigenvalue weighted by atomic mass is 35.5. The lowest BCUT2D eigenvalue weighted by atomic mass is 9.99. The van der Waals surface area contributed by atoms with E-state index < -0.39 is 6.89 Å². The molecule has 3 N–H and O–H groups in total. The maximum atomic E-state index is 12.8. The molecule has 1 amide bonds. The van der Waals surface area contributed by atoms with Crippen LogP contribution in [0.15, 0.2) is 86.2 Å². The molecule has 334 valence electrons. The van der Waals surface area contributed by atoms with Crippen molar-refractivity contribution in [2.24, 2.45) is 0 Å². The van der Waals surface area contributed by atoms with Crippen LogP contribution < -0.4 is 26.2 Å². The van der Waals surface area contributed by atoms with Crippen LogP contribution in [0, 0.1) is 11.8 Å². The van der Waals surface area contributed by atoms with Gasteiger partial charge in [0.2, 0.25) is 11.9 Å². The normalized spacial score (nSPS) is 15.6. The van der Waals surface area contributed by atoms with Crippen molar-refractivity contribution in [1.82, 2.24) is 30.0 Å². The highest BCUT2D eigenvalue weighted by Gasteiger charge is 2.28. The first-order chi connectivity index (χ1) is 30.4. The SMILES string of the molecule is C=CNC(=O)C(CCC)N(C)Cc1c(C#CCCN2CCN(C3CCN(c4ccc(Nc5ncc(Cl)c(Nc6ccccc6P(=C)(C)C)n5)cc4CC)CC3)CC2)cccc1C=C. The Hall–Kier alpha value is -4.88. The van der Waals surface area contributed by atoms with Crippen LogP contribution in [-0.2, 0) is 17.8 Å². The maximum Gasteiger partial charge on any atom is 0.241 e. The Bertz CT molecular complexity index is 2320. The average molecular weight is 889 g/mol. The molecule has 4 aromatic rings. The van der Waals surface area contributed by atoms with Crippen LogP contribution >= 0.6 is 18.5 Å². The minimum absolute atomic E-state index is 0.0298. The van der Waals surface area contributed by atoms with Crippen molar-refractivity contribution in [3.63, 3.8) is 0 Å². The van der Waals surface area contributed by atoms with Gasteiger partial charge in [0.1, 0.15) is 5.02 Å². The van der Waals surface area contributed by atoms with Crippen LogP contribution in [0.2, 0.25) is 5.02 Å². The van der Waals surface area contributed by atoms with Gasteiger partial charge in [-0.3, -0.25) is 19.5 Å². The Morgan fingerprint density at radius 2 is 1.78 bits per heavy atom. The second kappa shape index (κ2) is 22.7. The van der Waals surface area contributed by atoms with Gasteiger partial charge in [0.25, 0.3) is 0 Å². The van der Waals surface area contributed by atoms with Crippen molar-refractivity contribution >= 4 is 70.9 Å². The number of amides is 1. The Morgan fingerprint density at radius 3 is 2.48 bits per heavy atom. The van der Waals surface area contributed by atoms with E-state index >= 15 is 0 Å². The third-order valence-electron chi connectivity index (χ3n) is 12.3. The van der Waals surface area contributed by atoms with Gasteiger partial charge in [0.15, 0.2) is 5.82 Å². The summed E-state index contributed by atoms with van der Waals surface area (Å²) < 4.78 is 0. The molecule has 3 aromatic carbocycles. The summed E-state index contributed by atoms with van der Waals surface area (Å²) in [5.41, 5.74) is 7.71. The van der Waals surface area contributed by atoms with Gasteiger partial charge in [0.05, 0.1) is 12.2 Å². The number of rotatable bonds is 18. The third-order valence-corrected chi connectivity index (χ3v) is 14.2. The number of nitrogens with one attached hydrogen (secondary N) is 3. The number of aromatic nitrogens is 2. The molecule has 0 spiro atoms.